The fourth-order valence-corrected chi connectivity index (χ4v) is 3.67. The molecule has 2 aromatic heterocycles. The number of guanidine groups is 1. The van der Waals surface area contributed by atoms with E-state index in [0.29, 0.717) is 19.1 Å². The molecule has 1 aliphatic carbocycles. The van der Waals surface area contributed by atoms with E-state index in [2.05, 4.69) is 31.2 Å². The Kier molecular flexibility index (Phi) is 8.27. The van der Waals surface area contributed by atoms with Gasteiger partial charge in [-0.15, -0.1) is 45.5 Å². The summed E-state index contributed by atoms with van der Waals surface area (Å²) >= 11 is 1.64. The maximum atomic E-state index is 4.74. The number of thiazole rings is 1. The molecule has 0 unspecified atom stereocenters. The maximum Gasteiger partial charge on any atom is 0.192 e. The Morgan fingerprint density at radius 1 is 1.33 bits per heavy atom. The number of halogens is 1. The van der Waals surface area contributed by atoms with Crippen molar-refractivity contribution in [3.63, 3.8) is 0 Å². The molecule has 0 atom stereocenters. The molecule has 0 amide bonds. The lowest BCUT2D eigenvalue weighted by molar-refractivity contribution is 0.606. The van der Waals surface area contributed by atoms with Crippen LogP contribution in [-0.4, -0.2) is 45.8 Å². The molecule has 0 saturated heterocycles. The van der Waals surface area contributed by atoms with Crippen molar-refractivity contribution in [2.45, 2.75) is 51.7 Å². The molecule has 150 valence electrons. The predicted molar refractivity (Wildman–Crippen MR) is 121 cm³/mol. The van der Waals surface area contributed by atoms with Crippen molar-refractivity contribution < 1.29 is 0 Å². The van der Waals surface area contributed by atoms with Crippen molar-refractivity contribution in [3.05, 3.63) is 22.7 Å². The van der Waals surface area contributed by atoms with Crippen molar-refractivity contribution in [1.82, 2.24) is 30.4 Å². The summed E-state index contributed by atoms with van der Waals surface area (Å²) in [6.45, 7) is 3.10. The highest BCUT2D eigenvalue weighted by atomic mass is 127. The summed E-state index contributed by atoms with van der Waals surface area (Å²) in [6, 6.07) is 0.496. The van der Waals surface area contributed by atoms with Gasteiger partial charge in [-0.3, -0.25) is 0 Å². The van der Waals surface area contributed by atoms with Crippen LogP contribution in [-0.2, 0) is 20.1 Å². The van der Waals surface area contributed by atoms with Gasteiger partial charge in [-0.25, -0.2) is 9.98 Å². The fourth-order valence-electron chi connectivity index (χ4n) is 2.92. The first-order chi connectivity index (χ1) is 12.5. The quantitative estimate of drug-likeness (QED) is 0.357. The SMILES string of the molecule is Cc1nnc(CNC(=NCc2csc(N(C)C)n2)NC2CCCC2)n1C.I. The molecule has 2 N–H and O–H groups in total. The van der Waals surface area contributed by atoms with Gasteiger partial charge in [0.25, 0.3) is 0 Å². The lowest BCUT2D eigenvalue weighted by Gasteiger charge is -2.17. The van der Waals surface area contributed by atoms with Gasteiger partial charge >= 0.3 is 0 Å². The summed E-state index contributed by atoms with van der Waals surface area (Å²) in [5.74, 6) is 2.62. The lowest BCUT2D eigenvalue weighted by Crippen LogP contribution is -2.42. The third-order valence-electron chi connectivity index (χ3n) is 4.61. The van der Waals surface area contributed by atoms with Crippen molar-refractivity contribution in [3.8, 4) is 0 Å². The number of hydrogen-bond acceptors (Lipinski definition) is 6. The van der Waals surface area contributed by atoms with Crippen LogP contribution in [0.1, 0.15) is 43.0 Å². The molecule has 0 radical (unpaired) electrons. The van der Waals surface area contributed by atoms with Gasteiger partial charge in [0.2, 0.25) is 0 Å². The first kappa shape index (κ1) is 21.9. The van der Waals surface area contributed by atoms with Crippen LogP contribution in [0.15, 0.2) is 10.4 Å². The highest BCUT2D eigenvalue weighted by molar-refractivity contribution is 14.0. The van der Waals surface area contributed by atoms with Gasteiger partial charge < -0.3 is 20.1 Å². The number of anilines is 1. The molecule has 8 nitrogen and oxygen atoms in total. The molecule has 0 aromatic carbocycles. The van der Waals surface area contributed by atoms with E-state index in [1.165, 1.54) is 25.7 Å². The summed E-state index contributed by atoms with van der Waals surface area (Å²) in [6.07, 6.45) is 4.97. The summed E-state index contributed by atoms with van der Waals surface area (Å²) in [7, 11) is 5.98. The summed E-state index contributed by atoms with van der Waals surface area (Å²) in [5, 5.41) is 18.3. The number of aromatic nitrogens is 4. The van der Waals surface area contributed by atoms with Crippen LogP contribution >= 0.6 is 35.3 Å². The van der Waals surface area contributed by atoms with Gasteiger partial charge in [-0.05, 0) is 19.8 Å². The van der Waals surface area contributed by atoms with Crippen LogP contribution in [0.2, 0.25) is 0 Å². The molecule has 0 spiro atoms. The second-order valence-corrected chi connectivity index (χ2v) is 7.72. The van der Waals surface area contributed by atoms with E-state index in [1.807, 2.05) is 37.5 Å². The number of rotatable bonds is 6. The van der Waals surface area contributed by atoms with E-state index in [-0.39, 0.29) is 24.0 Å². The van der Waals surface area contributed by atoms with Gasteiger partial charge in [0.05, 0.1) is 18.8 Å². The van der Waals surface area contributed by atoms with Crippen LogP contribution in [0.25, 0.3) is 0 Å². The van der Waals surface area contributed by atoms with E-state index in [9.17, 15) is 0 Å². The van der Waals surface area contributed by atoms with Crippen molar-refractivity contribution >= 4 is 46.4 Å². The number of hydrogen-bond donors (Lipinski definition) is 2. The smallest absolute Gasteiger partial charge is 0.192 e. The monoisotopic (exact) mass is 504 g/mol. The predicted octanol–water partition coefficient (Wildman–Crippen LogP) is 2.44. The zero-order chi connectivity index (χ0) is 18.5. The highest BCUT2D eigenvalue weighted by Crippen LogP contribution is 2.19. The topological polar surface area (TPSA) is 83.3 Å². The lowest BCUT2D eigenvalue weighted by atomic mass is 10.2. The Hall–Kier alpha value is -1.43. The summed E-state index contributed by atoms with van der Waals surface area (Å²) < 4.78 is 1.99. The molecule has 3 rings (SSSR count). The van der Waals surface area contributed by atoms with Gasteiger partial charge in [0, 0.05) is 32.6 Å². The number of nitrogens with zero attached hydrogens (tertiary/aromatic N) is 6. The first-order valence-corrected chi connectivity index (χ1v) is 9.92. The van der Waals surface area contributed by atoms with Crippen LogP contribution in [0.4, 0.5) is 5.13 Å². The Morgan fingerprint density at radius 2 is 2.07 bits per heavy atom. The Bertz CT molecular complexity index is 748. The summed E-state index contributed by atoms with van der Waals surface area (Å²) in [5.41, 5.74) is 0.987. The van der Waals surface area contributed by atoms with Gasteiger partial charge in [0.15, 0.2) is 16.9 Å². The van der Waals surface area contributed by atoms with Gasteiger partial charge in [-0.1, -0.05) is 12.8 Å². The second-order valence-electron chi connectivity index (χ2n) is 6.88. The zero-order valence-electron chi connectivity index (χ0n) is 16.4. The molecule has 0 bridgehead atoms. The van der Waals surface area contributed by atoms with Crippen LogP contribution in [0.3, 0.4) is 0 Å². The Morgan fingerprint density at radius 3 is 2.67 bits per heavy atom. The third-order valence-corrected chi connectivity index (χ3v) is 5.67. The molecule has 2 heterocycles. The number of aliphatic imine (C=N–C) groups is 1. The van der Waals surface area contributed by atoms with E-state index in [4.69, 9.17) is 4.99 Å². The minimum absolute atomic E-state index is 0. The molecule has 0 aliphatic heterocycles. The van der Waals surface area contributed by atoms with Crippen LogP contribution in [0, 0.1) is 6.92 Å². The minimum Gasteiger partial charge on any atom is -0.354 e. The van der Waals surface area contributed by atoms with Crippen molar-refractivity contribution in [1.29, 1.82) is 0 Å². The van der Waals surface area contributed by atoms with E-state index in [1.54, 1.807) is 11.3 Å². The molecule has 27 heavy (non-hydrogen) atoms. The molecular weight excluding hydrogens is 475 g/mol. The minimum atomic E-state index is 0. The maximum absolute atomic E-state index is 4.74. The average Bonchev–Trinajstić information content (AvgIpc) is 3.35. The molecule has 1 saturated carbocycles. The van der Waals surface area contributed by atoms with Gasteiger partial charge in [-0.2, -0.15) is 0 Å². The third kappa shape index (κ3) is 6.03. The Labute approximate surface area is 181 Å². The summed E-state index contributed by atoms with van der Waals surface area (Å²) in [4.78, 5) is 11.4. The van der Waals surface area contributed by atoms with Gasteiger partial charge in [0.1, 0.15) is 5.82 Å². The normalized spacial score (nSPS) is 14.9. The fraction of sp³-hybridized carbons (Fsp3) is 0.647. The van der Waals surface area contributed by atoms with Crippen LogP contribution in [0.5, 0.6) is 0 Å². The van der Waals surface area contributed by atoms with E-state index < -0.39 is 0 Å². The zero-order valence-corrected chi connectivity index (χ0v) is 19.5. The molecule has 1 fully saturated rings. The molecule has 1 aliphatic rings. The van der Waals surface area contributed by atoms with E-state index in [0.717, 1.165) is 28.4 Å². The molecular formula is C17H29IN8S. The molecule has 10 heteroatoms. The number of nitrogens with one attached hydrogen (secondary N) is 2. The van der Waals surface area contributed by atoms with Crippen molar-refractivity contribution in [2.75, 3.05) is 19.0 Å². The largest absolute Gasteiger partial charge is 0.354 e. The highest BCUT2D eigenvalue weighted by Gasteiger charge is 2.17. The van der Waals surface area contributed by atoms with E-state index >= 15 is 0 Å². The van der Waals surface area contributed by atoms with Crippen molar-refractivity contribution in [2.24, 2.45) is 12.0 Å². The standard InChI is InChI=1S/C17H28N8S.HI/c1-12-22-23-15(25(12)4)10-19-16(20-13-7-5-6-8-13)18-9-14-11-26-17(21-14)24(2)3;/h11,13H,5-10H2,1-4H3,(H2,18,19,20);1H. The average molecular weight is 504 g/mol. The number of aryl methyl sites for hydroxylation is 1. The first-order valence-electron chi connectivity index (χ1n) is 9.04. The second kappa shape index (κ2) is 10.2. The Balaban J connectivity index is 0.00000261. The molecule has 2 aromatic rings. The van der Waals surface area contributed by atoms with Crippen LogP contribution < -0.4 is 15.5 Å².